The fraction of sp³-hybridized carbons (Fsp3) is 0.400. The number of hydrogen-bond donors (Lipinski definition) is 2. The summed E-state index contributed by atoms with van der Waals surface area (Å²) in [6, 6.07) is 4.05. The summed E-state index contributed by atoms with van der Waals surface area (Å²) >= 11 is 0. The predicted octanol–water partition coefficient (Wildman–Crippen LogP) is 2.24. The highest BCUT2D eigenvalue weighted by molar-refractivity contribution is 5.92. The number of aromatic nitrogens is 3. The Labute approximate surface area is 147 Å². The molecule has 2 aromatic heterocycles. The van der Waals surface area contributed by atoms with Gasteiger partial charge in [0.2, 0.25) is 5.91 Å². The number of anilines is 1. The second-order valence-electron chi connectivity index (χ2n) is 5.54. The van der Waals surface area contributed by atoms with Gasteiger partial charge in [0.25, 0.3) is 0 Å². The van der Waals surface area contributed by atoms with Crippen LogP contribution in [0.5, 0.6) is 0 Å². The van der Waals surface area contributed by atoms with Crippen LogP contribution >= 0.6 is 24.8 Å². The minimum absolute atomic E-state index is 0. The SMILES string of the molecule is Cl.Cl.NC1CCC(C(=O)Nc2cnn(Cc3ccncc3)c2)C1. The zero-order valence-electron chi connectivity index (χ0n) is 12.6. The zero-order valence-corrected chi connectivity index (χ0v) is 14.2. The van der Waals surface area contributed by atoms with Gasteiger partial charge in [-0.3, -0.25) is 14.5 Å². The van der Waals surface area contributed by atoms with Crippen LogP contribution in [0.15, 0.2) is 36.9 Å². The third-order valence-corrected chi connectivity index (χ3v) is 3.84. The number of amides is 1. The van der Waals surface area contributed by atoms with Crippen molar-refractivity contribution in [2.24, 2.45) is 11.7 Å². The highest BCUT2D eigenvalue weighted by atomic mass is 35.5. The minimum atomic E-state index is 0. The van der Waals surface area contributed by atoms with Crippen molar-refractivity contribution in [3.8, 4) is 0 Å². The Bertz CT molecular complexity index is 619. The molecular weight excluding hydrogens is 337 g/mol. The number of rotatable bonds is 4. The van der Waals surface area contributed by atoms with Crippen LogP contribution in [0.3, 0.4) is 0 Å². The topological polar surface area (TPSA) is 85.8 Å². The third-order valence-electron chi connectivity index (χ3n) is 3.84. The van der Waals surface area contributed by atoms with Crippen LogP contribution < -0.4 is 11.1 Å². The first-order valence-electron chi connectivity index (χ1n) is 7.18. The molecular formula is C15H21Cl2N5O. The molecule has 0 aromatic carbocycles. The molecule has 3 rings (SSSR count). The van der Waals surface area contributed by atoms with E-state index in [0.717, 1.165) is 30.5 Å². The highest BCUT2D eigenvalue weighted by Crippen LogP contribution is 2.25. The Hall–Kier alpha value is -1.63. The van der Waals surface area contributed by atoms with Gasteiger partial charge in [0.15, 0.2) is 0 Å². The average molecular weight is 358 g/mol. The first kappa shape index (κ1) is 19.4. The lowest BCUT2D eigenvalue weighted by Gasteiger charge is -2.08. The number of carbonyl (C=O) groups excluding carboxylic acids is 1. The van der Waals surface area contributed by atoms with E-state index in [9.17, 15) is 4.79 Å². The van der Waals surface area contributed by atoms with Crippen molar-refractivity contribution >= 4 is 36.4 Å². The summed E-state index contributed by atoms with van der Waals surface area (Å²) in [6.07, 6.45) is 9.60. The summed E-state index contributed by atoms with van der Waals surface area (Å²) in [7, 11) is 0. The molecule has 2 aromatic rings. The van der Waals surface area contributed by atoms with Crippen LogP contribution in [0.2, 0.25) is 0 Å². The van der Waals surface area contributed by atoms with E-state index in [4.69, 9.17) is 5.73 Å². The van der Waals surface area contributed by atoms with E-state index in [1.807, 2.05) is 18.3 Å². The predicted molar refractivity (Wildman–Crippen MR) is 94.0 cm³/mol. The van der Waals surface area contributed by atoms with Gasteiger partial charge in [-0.05, 0) is 37.0 Å². The number of carbonyl (C=O) groups is 1. The smallest absolute Gasteiger partial charge is 0.227 e. The maximum Gasteiger partial charge on any atom is 0.227 e. The summed E-state index contributed by atoms with van der Waals surface area (Å²) in [4.78, 5) is 16.1. The molecule has 0 bridgehead atoms. The summed E-state index contributed by atoms with van der Waals surface area (Å²) in [5, 5.41) is 7.18. The van der Waals surface area contributed by atoms with Gasteiger partial charge < -0.3 is 11.1 Å². The van der Waals surface area contributed by atoms with E-state index in [-0.39, 0.29) is 42.7 Å². The van der Waals surface area contributed by atoms with Crippen molar-refractivity contribution in [3.63, 3.8) is 0 Å². The van der Waals surface area contributed by atoms with Crippen molar-refractivity contribution in [2.45, 2.75) is 31.8 Å². The monoisotopic (exact) mass is 357 g/mol. The first-order valence-corrected chi connectivity index (χ1v) is 7.18. The van der Waals surface area contributed by atoms with E-state index >= 15 is 0 Å². The molecule has 0 aliphatic heterocycles. The lowest BCUT2D eigenvalue weighted by molar-refractivity contribution is -0.119. The van der Waals surface area contributed by atoms with Crippen molar-refractivity contribution in [1.82, 2.24) is 14.8 Å². The standard InChI is InChI=1S/C15H19N5O.2ClH/c16-13-2-1-12(7-13)15(21)19-14-8-18-20(10-14)9-11-3-5-17-6-4-11;;/h3-6,8,10,12-13H,1-2,7,9,16H2,(H,19,21);2*1H. The van der Waals surface area contributed by atoms with Crippen molar-refractivity contribution in [2.75, 3.05) is 5.32 Å². The van der Waals surface area contributed by atoms with Crippen LogP contribution in [0.1, 0.15) is 24.8 Å². The minimum Gasteiger partial charge on any atom is -0.328 e. The van der Waals surface area contributed by atoms with E-state index < -0.39 is 0 Å². The number of pyridine rings is 1. The van der Waals surface area contributed by atoms with Gasteiger partial charge in [-0.25, -0.2) is 0 Å². The van der Waals surface area contributed by atoms with Gasteiger partial charge in [0.1, 0.15) is 0 Å². The first-order chi connectivity index (χ1) is 10.2. The van der Waals surface area contributed by atoms with Crippen LogP contribution in [-0.2, 0) is 11.3 Å². The van der Waals surface area contributed by atoms with Gasteiger partial charge >= 0.3 is 0 Å². The maximum absolute atomic E-state index is 12.1. The van der Waals surface area contributed by atoms with Crippen LogP contribution in [-0.4, -0.2) is 26.7 Å². The van der Waals surface area contributed by atoms with Crippen LogP contribution in [0.4, 0.5) is 5.69 Å². The Balaban J connectivity index is 0.00000132. The number of hydrogen-bond acceptors (Lipinski definition) is 4. The molecule has 3 N–H and O–H groups in total. The molecule has 23 heavy (non-hydrogen) atoms. The fourth-order valence-electron chi connectivity index (χ4n) is 2.69. The molecule has 0 radical (unpaired) electrons. The van der Waals surface area contributed by atoms with Crippen molar-refractivity contribution in [1.29, 1.82) is 0 Å². The molecule has 126 valence electrons. The van der Waals surface area contributed by atoms with Gasteiger partial charge in [0.05, 0.1) is 18.4 Å². The number of nitrogens with zero attached hydrogens (tertiary/aromatic N) is 3. The Morgan fingerprint density at radius 1 is 1.30 bits per heavy atom. The lowest BCUT2D eigenvalue weighted by atomic mass is 10.1. The molecule has 1 amide bonds. The molecule has 1 saturated carbocycles. The largest absolute Gasteiger partial charge is 0.328 e. The number of halogens is 2. The molecule has 2 atom stereocenters. The van der Waals surface area contributed by atoms with Gasteiger partial charge in [-0.1, -0.05) is 0 Å². The molecule has 1 aliphatic rings. The maximum atomic E-state index is 12.1. The Morgan fingerprint density at radius 2 is 2.04 bits per heavy atom. The molecule has 8 heteroatoms. The van der Waals surface area contributed by atoms with E-state index in [2.05, 4.69) is 15.4 Å². The molecule has 6 nitrogen and oxygen atoms in total. The molecule has 0 saturated heterocycles. The molecule has 2 unspecified atom stereocenters. The second-order valence-corrected chi connectivity index (χ2v) is 5.54. The normalized spacial score (nSPS) is 19.5. The Morgan fingerprint density at radius 3 is 2.70 bits per heavy atom. The van der Waals surface area contributed by atoms with Crippen LogP contribution in [0.25, 0.3) is 0 Å². The third kappa shape index (κ3) is 5.20. The van der Waals surface area contributed by atoms with Gasteiger partial charge in [-0.15, -0.1) is 24.8 Å². The molecule has 2 heterocycles. The fourth-order valence-corrected chi connectivity index (χ4v) is 2.69. The quantitative estimate of drug-likeness (QED) is 0.878. The van der Waals surface area contributed by atoms with E-state index in [0.29, 0.717) is 6.54 Å². The Kier molecular flexibility index (Phi) is 7.48. The van der Waals surface area contributed by atoms with E-state index in [1.165, 1.54) is 0 Å². The summed E-state index contributed by atoms with van der Waals surface area (Å²) in [6.45, 7) is 0.659. The van der Waals surface area contributed by atoms with Crippen molar-refractivity contribution < 1.29 is 4.79 Å². The van der Waals surface area contributed by atoms with Gasteiger partial charge in [0, 0.05) is 30.6 Å². The number of nitrogens with one attached hydrogen (secondary N) is 1. The number of nitrogens with two attached hydrogens (primary N) is 1. The molecule has 1 aliphatic carbocycles. The second kappa shape index (κ2) is 8.86. The highest BCUT2D eigenvalue weighted by Gasteiger charge is 2.27. The average Bonchev–Trinajstić information content (AvgIpc) is 3.09. The van der Waals surface area contributed by atoms with Gasteiger partial charge in [-0.2, -0.15) is 5.10 Å². The van der Waals surface area contributed by atoms with E-state index in [1.54, 1.807) is 23.3 Å². The summed E-state index contributed by atoms with van der Waals surface area (Å²) in [5.41, 5.74) is 7.69. The zero-order chi connectivity index (χ0) is 14.7. The molecule has 0 spiro atoms. The van der Waals surface area contributed by atoms with Crippen molar-refractivity contribution in [3.05, 3.63) is 42.5 Å². The molecule has 1 fully saturated rings. The lowest BCUT2D eigenvalue weighted by Crippen LogP contribution is -2.23. The van der Waals surface area contributed by atoms with Crippen LogP contribution in [0, 0.1) is 5.92 Å². The summed E-state index contributed by atoms with van der Waals surface area (Å²) < 4.78 is 1.80. The summed E-state index contributed by atoms with van der Waals surface area (Å²) in [5.74, 6) is 0.0787.